The number of carbonyl (C=O) groups excluding carboxylic acids is 1. The maximum Gasteiger partial charge on any atom is 0.407 e. The van der Waals surface area contributed by atoms with E-state index in [1.165, 1.54) is 12.1 Å². The molecule has 0 saturated carbocycles. The lowest BCUT2D eigenvalue weighted by Gasteiger charge is -2.33. The van der Waals surface area contributed by atoms with Crippen LogP contribution in [0.5, 0.6) is 0 Å². The minimum Gasteiger partial charge on any atom is -0.444 e. The number of ether oxygens (including phenoxy) is 2. The van der Waals surface area contributed by atoms with Gasteiger partial charge in [-0.2, -0.15) is 5.26 Å². The van der Waals surface area contributed by atoms with Gasteiger partial charge in [-0.1, -0.05) is 0 Å². The second kappa shape index (κ2) is 8.28. The molecule has 0 aliphatic carbocycles. The number of hydrogen-bond acceptors (Lipinski definition) is 5. The number of nitrogens with zero attached hydrogens (tertiary/aromatic N) is 2. The van der Waals surface area contributed by atoms with Gasteiger partial charge in [-0.25, -0.2) is 9.18 Å². The number of hydrogen-bond donors (Lipinski definition) is 1. The molecule has 1 aliphatic rings. The Bertz CT molecular complexity index is 652. The Kier molecular flexibility index (Phi) is 6.34. The minimum atomic E-state index is -0.549. The largest absolute Gasteiger partial charge is 0.444 e. The first kappa shape index (κ1) is 19.2. The Morgan fingerprint density at radius 2 is 2.28 bits per heavy atom. The molecule has 0 spiro atoms. The van der Waals surface area contributed by atoms with Crippen LogP contribution in [0.4, 0.5) is 9.18 Å². The summed E-state index contributed by atoms with van der Waals surface area (Å²) in [6.07, 6.45) is -0.676. The Labute approximate surface area is 147 Å². The molecule has 6 nitrogen and oxygen atoms in total. The third-order valence-corrected chi connectivity index (χ3v) is 3.66. The summed E-state index contributed by atoms with van der Waals surface area (Å²) in [7, 11) is 0. The van der Waals surface area contributed by atoms with Crippen LogP contribution in [0, 0.1) is 17.1 Å². The molecular formula is C18H24FN3O3. The number of benzene rings is 1. The van der Waals surface area contributed by atoms with Crippen molar-refractivity contribution < 1.29 is 18.7 Å². The molecule has 1 aromatic rings. The van der Waals surface area contributed by atoms with Gasteiger partial charge < -0.3 is 14.8 Å². The van der Waals surface area contributed by atoms with Crippen molar-refractivity contribution in [3.63, 3.8) is 0 Å². The van der Waals surface area contributed by atoms with Crippen LogP contribution in [0.3, 0.4) is 0 Å². The van der Waals surface area contributed by atoms with E-state index in [0.29, 0.717) is 43.9 Å². The molecule has 7 heteroatoms. The molecule has 1 heterocycles. The minimum absolute atomic E-state index is 0.191. The van der Waals surface area contributed by atoms with Crippen LogP contribution in [0.25, 0.3) is 0 Å². The summed E-state index contributed by atoms with van der Waals surface area (Å²) >= 11 is 0. The first-order valence-corrected chi connectivity index (χ1v) is 8.26. The number of nitrogens with one attached hydrogen (secondary N) is 1. The third kappa shape index (κ3) is 6.33. The zero-order valence-corrected chi connectivity index (χ0v) is 14.8. The molecule has 25 heavy (non-hydrogen) atoms. The van der Waals surface area contributed by atoms with Crippen molar-refractivity contribution in [3.05, 3.63) is 35.1 Å². The van der Waals surface area contributed by atoms with E-state index in [1.807, 2.05) is 11.0 Å². The lowest BCUT2D eigenvalue weighted by atomic mass is 10.1. The molecule has 1 unspecified atom stereocenters. The van der Waals surface area contributed by atoms with Crippen LogP contribution in [0.15, 0.2) is 18.2 Å². The van der Waals surface area contributed by atoms with E-state index in [1.54, 1.807) is 26.8 Å². The van der Waals surface area contributed by atoms with Crippen LogP contribution in [0.2, 0.25) is 0 Å². The molecule has 1 saturated heterocycles. The van der Waals surface area contributed by atoms with Crippen LogP contribution in [-0.2, 0) is 16.0 Å². The van der Waals surface area contributed by atoms with Gasteiger partial charge in [0.05, 0.1) is 24.3 Å². The number of carbonyl (C=O) groups is 1. The van der Waals surface area contributed by atoms with Crippen LogP contribution >= 0.6 is 0 Å². The van der Waals surface area contributed by atoms with Gasteiger partial charge in [0.2, 0.25) is 0 Å². The topological polar surface area (TPSA) is 74.6 Å². The number of alkyl carbamates (subject to hydrolysis) is 1. The fourth-order valence-corrected chi connectivity index (χ4v) is 2.57. The van der Waals surface area contributed by atoms with E-state index >= 15 is 0 Å². The van der Waals surface area contributed by atoms with E-state index in [9.17, 15) is 9.18 Å². The third-order valence-electron chi connectivity index (χ3n) is 3.66. The molecule has 1 N–H and O–H groups in total. The number of amides is 1. The first-order chi connectivity index (χ1) is 11.8. The average Bonchev–Trinajstić information content (AvgIpc) is 2.54. The van der Waals surface area contributed by atoms with Crippen molar-refractivity contribution in [1.82, 2.24) is 10.2 Å². The number of halogens is 1. The summed E-state index contributed by atoms with van der Waals surface area (Å²) in [4.78, 5) is 13.8. The predicted octanol–water partition coefficient (Wildman–Crippen LogP) is 2.42. The Hall–Kier alpha value is -2.17. The molecule has 0 radical (unpaired) electrons. The fraction of sp³-hybridized carbons (Fsp3) is 0.556. The second-order valence-electron chi connectivity index (χ2n) is 7.03. The SMILES string of the molecule is CC(C)(C)OC(=O)NCC1CN(Cc2cc(C#N)ccc2F)CCO1. The summed E-state index contributed by atoms with van der Waals surface area (Å²) in [5.41, 5.74) is 0.375. The van der Waals surface area contributed by atoms with E-state index < -0.39 is 11.7 Å². The first-order valence-electron chi connectivity index (χ1n) is 8.26. The Morgan fingerprint density at radius 3 is 2.96 bits per heavy atom. The van der Waals surface area contributed by atoms with E-state index in [0.717, 1.165) is 0 Å². The Balaban J connectivity index is 1.87. The van der Waals surface area contributed by atoms with Crippen molar-refractivity contribution in [1.29, 1.82) is 5.26 Å². The number of nitriles is 1. The van der Waals surface area contributed by atoms with Gasteiger partial charge in [0.1, 0.15) is 11.4 Å². The van der Waals surface area contributed by atoms with Crippen molar-refractivity contribution in [2.45, 2.75) is 39.0 Å². The predicted molar refractivity (Wildman–Crippen MR) is 90.4 cm³/mol. The highest BCUT2D eigenvalue weighted by atomic mass is 19.1. The lowest BCUT2D eigenvalue weighted by Crippen LogP contribution is -2.47. The Morgan fingerprint density at radius 1 is 1.52 bits per heavy atom. The normalized spacial score (nSPS) is 18.4. The molecule has 1 atom stereocenters. The fourth-order valence-electron chi connectivity index (χ4n) is 2.57. The molecule has 136 valence electrons. The van der Waals surface area contributed by atoms with Crippen LogP contribution < -0.4 is 5.32 Å². The molecule has 0 bridgehead atoms. The van der Waals surface area contributed by atoms with Crippen LogP contribution in [0.1, 0.15) is 31.9 Å². The molecule has 2 rings (SSSR count). The maximum atomic E-state index is 13.9. The van der Waals surface area contributed by atoms with E-state index in [4.69, 9.17) is 14.7 Å². The molecule has 0 aromatic heterocycles. The van der Waals surface area contributed by atoms with E-state index in [-0.39, 0.29) is 11.9 Å². The number of rotatable bonds is 4. The summed E-state index contributed by atoms with van der Waals surface area (Å²) < 4.78 is 24.8. The quantitative estimate of drug-likeness (QED) is 0.904. The summed E-state index contributed by atoms with van der Waals surface area (Å²) in [6, 6.07) is 6.37. The average molecular weight is 349 g/mol. The molecule has 1 amide bonds. The number of morpholine rings is 1. The van der Waals surface area contributed by atoms with Crippen molar-refractivity contribution in [2.75, 3.05) is 26.2 Å². The van der Waals surface area contributed by atoms with Gasteiger partial charge in [0.15, 0.2) is 0 Å². The summed E-state index contributed by atoms with van der Waals surface area (Å²) in [5.74, 6) is -0.325. The molecule has 1 aromatic carbocycles. The summed E-state index contributed by atoms with van der Waals surface area (Å²) in [5, 5.41) is 11.6. The van der Waals surface area contributed by atoms with Gasteiger partial charge in [0.25, 0.3) is 0 Å². The van der Waals surface area contributed by atoms with Crippen molar-refractivity contribution >= 4 is 6.09 Å². The van der Waals surface area contributed by atoms with Crippen LogP contribution in [-0.4, -0.2) is 48.9 Å². The molecular weight excluding hydrogens is 325 g/mol. The second-order valence-corrected chi connectivity index (χ2v) is 7.03. The standard InChI is InChI=1S/C18H24FN3O3/c1-18(2,3)25-17(23)21-10-15-12-22(6-7-24-15)11-14-8-13(9-20)4-5-16(14)19/h4-5,8,15H,6-7,10-12H2,1-3H3,(H,21,23). The lowest BCUT2D eigenvalue weighted by molar-refractivity contribution is -0.0315. The van der Waals surface area contributed by atoms with Crippen molar-refractivity contribution in [3.8, 4) is 6.07 Å². The van der Waals surface area contributed by atoms with E-state index in [2.05, 4.69) is 5.32 Å². The highest BCUT2D eigenvalue weighted by molar-refractivity contribution is 5.67. The van der Waals surface area contributed by atoms with Gasteiger partial charge in [-0.05, 0) is 39.0 Å². The maximum absolute atomic E-state index is 13.9. The smallest absolute Gasteiger partial charge is 0.407 e. The van der Waals surface area contributed by atoms with Gasteiger partial charge in [-0.3, -0.25) is 4.90 Å². The van der Waals surface area contributed by atoms with Gasteiger partial charge in [0, 0.05) is 31.7 Å². The summed E-state index contributed by atoms with van der Waals surface area (Å²) in [6.45, 7) is 7.85. The highest BCUT2D eigenvalue weighted by Gasteiger charge is 2.23. The zero-order valence-electron chi connectivity index (χ0n) is 14.8. The van der Waals surface area contributed by atoms with Gasteiger partial charge in [-0.15, -0.1) is 0 Å². The highest BCUT2D eigenvalue weighted by Crippen LogP contribution is 2.15. The monoisotopic (exact) mass is 349 g/mol. The molecule has 1 fully saturated rings. The van der Waals surface area contributed by atoms with Gasteiger partial charge >= 0.3 is 6.09 Å². The van der Waals surface area contributed by atoms with Crippen molar-refractivity contribution in [2.24, 2.45) is 0 Å². The molecule has 1 aliphatic heterocycles. The zero-order chi connectivity index (χ0) is 18.4.